The molecule has 0 unspecified atom stereocenters. The van der Waals surface area contributed by atoms with Crippen molar-refractivity contribution >= 4 is 0 Å². The second-order valence-corrected chi connectivity index (χ2v) is 3.55. The van der Waals surface area contributed by atoms with Crippen molar-refractivity contribution in [1.82, 2.24) is 14.9 Å². The summed E-state index contributed by atoms with van der Waals surface area (Å²) in [5.41, 5.74) is 1.16. The van der Waals surface area contributed by atoms with Gasteiger partial charge >= 0.3 is 0 Å². The lowest BCUT2D eigenvalue weighted by atomic mass is 10.3. The molecule has 4 nitrogen and oxygen atoms in total. The third-order valence-electron chi connectivity index (χ3n) is 2.26. The van der Waals surface area contributed by atoms with Gasteiger partial charge in [0.25, 0.3) is 0 Å². The molecular weight excluding hydrogens is 190 g/mol. The zero-order valence-corrected chi connectivity index (χ0v) is 9.70. The van der Waals surface area contributed by atoms with E-state index in [0.717, 1.165) is 44.8 Å². The van der Waals surface area contributed by atoms with Crippen LogP contribution < -0.4 is 5.32 Å². The number of nitrogens with one attached hydrogen (secondary N) is 1. The van der Waals surface area contributed by atoms with E-state index >= 15 is 0 Å². The molecule has 0 aromatic carbocycles. The predicted molar refractivity (Wildman–Crippen MR) is 61.0 cm³/mol. The molecular formula is C11H21N3O. The summed E-state index contributed by atoms with van der Waals surface area (Å²) in [5.74, 6) is 0. The fraction of sp³-hybridized carbons (Fsp3) is 0.727. The number of likely N-dealkylation sites (N-methyl/N-ethyl adjacent to an activating group) is 1. The van der Waals surface area contributed by atoms with Crippen LogP contribution in [0, 0.1) is 0 Å². The smallest absolute Gasteiger partial charge is 0.0949 e. The van der Waals surface area contributed by atoms with Crippen molar-refractivity contribution in [2.45, 2.75) is 26.3 Å². The van der Waals surface area contributed by atoms with Gasteiger partial charge in [0.1, 0.15) is 0 Å². The number of aryl methyl sites for hydroxylation is 1. The van der Waals surface area contributed by atoms with Gasteiger partial charge in [-0.25, -0.2) is 4.98 Å². The molecule has 1 aromatic heterocycles. The SMILES string of the molecule is CCNCCc1cn(CCCOC)cn1. The topological polar surface area (TPSA) is 39.1 Å². The molecule has 86 valence electrons. The van der Waals surface area contributed by atoms with E-state index < -0.39 is 0 Å². The quantitative estimate of drug-likeness (QED) is 0.654. The third-order valence-corrected chi connectivity index (χ3v) is 2.26. The minimum absolute atomic E-state index is 0.810. The first kappa shape index (κ1) is 12.2. The second kappa shape index (κ2) is 7.43. The van der Waals surface area contributed by atoms with Crippen LogP contribution in [0.3, 0.4) is 0 Å². The van der Waals surface area contributed by atoms with Gasteiger partial charge in [0.15, 0.2) is 0 Å². The summed E-state index contributed by atoms with van der Waals surface area (Å²) in [6.45, 7) is 5.94. The van der Waals surface area contributed by atoms with Crippen molar-refractivity contribution < 1.29 is 4.74 Å². The molecule has 0 aliphatic carbocycles. The average Bonchev–Trinajstić information content (AvgIpc) is 2.67. The van der Waals surface area contributed by atoms with Gasteiger partial charge < -0.3 is 14.6 Å². The van der Waals surface area contributed by atoms with Crippen LogP contribution in [0.2, 0.25) is 0 Å². The van der Waals surface area contributed by atoms with Gasteiger partial charge in [-0.05, 0) is 13.0 Å². The van der Waals surface area contributed by atoms with E-state index in [9.17, 15) is 0 Å². The average molecular weight is 211 g/mol. The summed E-state index contributed by atoms with van der Waals surface area (Å²) < 4.78 is 7.13. The van der Waals surface area contributed by atoms with Crippen molar-refractivity contribution in [3.63, 3.8) is 0 Å². The highest BCUT2D eigenvalue weighted by Gasteiger charge is 1.98. The summed E-state index contributed by atoms with van der Waals surface area (Å²) >= 11 is 0. The first-order chi connectivity index (χ1) is 7.36. The number of nitrogens with zero attached hydrogens (tertiary/aromatic N) is 2. The Labute approximate surface area is 91.7 Å². The molecule has 1 heterocycles. The van der Waals surface area contributed by atoms with Gasteiger partial charge in [-0.1, -0.05) is 6.92 Å². The van der Waals surface area contributed by atoms with E-state index in [1.54, 1.807) is 7.11 Å². The van der Waals surface area contributed by atoms with Crippen LogP contribution in [0.4, 0.5) is 0 Å². The summed E-state index contributed by atoms with van der Waals surface area (Å²) in [7, 11) is 1.73. The van der Waals surface area contributed by atoms with Crippen LogP contribution in [0.25, 0.3) is 0 Å². The highest BCUT2D eigenvalue weighted by atomic mass is 16.5. The Morgan fingerprint density at radius 2 is 2.40 bits per heavy atom. The Bertz CT molecular complexity index is 236. The molecule has 0 radical (unpaired) electrons. The Kier molecular flexibility index (Phi) is 6.04. The maximum atomic E-state index is 5.01. The van der Waals surface area contributed by atoms with Crippen molar-refractivity contribution in [2.24, 2.45) is 0 Å². The highest BCUT2D eigenvalue weighted by molar-refractivity contribution is 4.97. The predicted octanol–water partition coefficient (Wildman–Crippen LogP) is 1.07. The summed E-state index contributed by atoms with van der Waals surface area (Å²) in [6.07, 6.45) is 6.06. The van der Waals surface area contributed by atoms with Crippen molar-refractivity contribution in [1.29, 1.82) is 0 Å². The minimum Gasteiger partial charge on any atom is -0.385 e. The molecule has 4 heteroatoms. The second-order valence-electron chi connectivity index (χ2n) is 3.55. The third kappa shape index (κ3) is 4.95. The van der Waals surface area contributed by atoms with Crippen molar-refractivity contribution in [3.8, 4) is 0 Å². The molecule has 0 fully saturated rings. The van der Waals surface area contributed by atoms with E-state index in [-0.39, 0.29) is 0 Å². The number of hydrogen-bond donors (Lipinski definition) is 1. The number of imidazole rings is 1. The van der Waals surface area contributed by atoms with Crippen LogP contribution in [0.5, 0.6) is 0 Å². The number of aromatic nitrogens is 2. The molecule has 0 bridgehead atoms. The maximum Gasteiger partial charge on any atom is 0.0949 e. The van der Waals surface area contributed by atoms with Gasteiger partial charge in [-0.2, -0.15) is 0 Å². The van der Waals surface area contributed by atoms with Crippen LogP contribution in [0.15, 0.2) is 12.5 Å². The van der Waals surface area contributed by atoms with Gasteiger partial charge in [-0.15, -0.1) is 0 Å². The Morgan fingerprint density at radius 3 is 3.13 bits per heavy atom. The summed E-state index contributed by atoms with van der Waals surface area (Å²) in [5, 5.41) is 3.29. The zero-order chi connectivity index (χ0) is 10.9. The van der Waals surface area contributed by atoms with E-state index in [4.69, 9.17) is 4.74 Å². The number of hydrogen-bond acceptors (Lipinski definition) is 3. The molecule has 15 heavy (non-hydrogen) atoms. The molecule has 1 N–H and O–H groups in total. The fourth-order valence-corrected chi connectivity index (χ4v) is 1.44. The zero-order valence-electron chi connectivity index (χ0n) is 9.70. The van der Waals surface area contributed by atoms with Gasteiger partial charge in [0.05, 0.1) is 12.0 Å². The molecule has 0 aliphatic rings. The van der Waals surface area contributed by atoms with E-state index in [1.807, 2.05) is 6.33 Å². The molecule has 0 aliphatic heterocycles. The van der Waals surface area contributed by atoms with E-state index in [2.05, 4.69) is 28.0 Å². The molecule has 0 amide bonds. The maximum absolute atomic E-state index is 5.01. The first-order valence-corrected chi connectivity index (χ1v) is 5.57. The molecule has 0 atom stereocenters. The first-order valence-electron chi connectivity index (χ1n) is 5.57. The van der Waals surface area contributed by atoms with Gasteiger partial charge in [0.2, 0.25) is 0 Å². The lowest BCUT2D eigenvalue weighted by Crippen LogP contribution is -2.16. The highest BCUT2D eigenvalue weighted by Crippen LogP contribution is 1.98. The van der Waals surface area contributed by atoms with Gasteiger partial charge in [-0.3, -0.25) is 0 Å². The minimum atomic E-state index is 0.810. The Morgan fingerprint density at radius 1 is 1.53 bits per heavy atom. The van der Waals surface area contributed by atoms with Crippen molar-refractivity contribution in [3.05, 3.63) is 18.2 Å². The number of ether oxygens (including phenoxy) is 1. The van der Waals surface area contributed by atoms with Crippen LogP contribution in [-0.2, 0) is 17.7 Å². The van der Waals surface area contributed by atoms with Crippen LogP contribution in [0.1, 0.15) is 19.0 Å². The van der Waals surface area contributed by atoms with Crippen molar-refractivity contribution in [2.75, 3.05) is 26.8 Å². The summed E-state index contributed by atoms with van der Waals surface area (Å²) in [6, 6.07) is 0. The van der Waals surface area contributed by atoms with E-state index in [1.165, 1.54) is 0 Å². The van der Waals surface area contributed by atoms with Gasteiger partial charge in [0, 0.05) is 39.4 Å². The molecule has 1 rings (SSSR count). The van der Waals surface area contributed by atoms with Crippen LogP contribution in [-0.4, -0.2) is 36.4 Å². The van der Waals surface area contributed by atoms with E-state index in [0.29, 0.717) is 0 Å². The number of rotatable bonds is 8. The fourth-order valence-electron chi connectivity index (χ4n) is 1.44. The molecule has 1 aromatic rings. The molecule has 0 spiro atoms. The normalized spacial score (nSPS) is 10.8. The molecule has 0 saturated heterocycles. The Balaban J connectivity index is 2.23. The lowest BCUT2D eigenvalue weighted by Gasteiger charge is -2.00. The number of methoxy groups -OCH3 is 1. The Hall–Kier alpha value is -0.870. The monoisotopic (exact) mass is 211 g/mol. The summed E-state index contributed by atoms with van der Waals surface area (Å²) in [4.78, 5) is 4.35. The largest absolute Gasteiger partial charge is 0.385 e. The van der Waals surface area contributed by atoms with Crippen LogP contribution >= 0.6 is 0 Å². The molecule has 0 saturated carbocycles. The lowest BCUT2D eigenvalue weighted by molar-refractivity contribution is 0.190. The standard InChI is InChI=1S/C11H21N3O/c1-3-12-6-5-11-9-14(10-13-11)7-4-8-15-2/h9-10,12H,3-8H2,1-2H3.